The van der Waals surface area contributed by atoms with E-state index in [1.54, 1.807) is 7.05 Å². The monoisotopic (exact) mass is 1140 g/mol. The molecule has 3 saturated heterocycles. The van der Waals surface area contributed by atoms with Crippen LogP contribution in [0.15, 0.2) is 36.4 Å². The van der Waals surface area contributed by atoms with Crippen molar-refractivity contribution in [1.29, 1.82) is 0 Å². The van der Waals surface area contributed by atoms with Crippen LogP contribution in [0.3, 0.4) is 0 Å². The Hall–Kier alpha value is -4.95. The zero-order valence-corrected chi connectivity index (χ0v) is 42.1. The number of aryl methyl sites for hydroxylation is 1. The van der Waals surface area contributed by atoms with Crippen LogP contribution in [0.1, 0.15) is 18.7 Å². The summed E-state index contributed by atoms with van der Waals surface area (Å²) in [4.78, 5) is 85.8. The third kappa shape index (κ3) is 11.0. The van der Waals surface area contributed by atoms with Gasteiger partial charge < -0.3 is 75.7 Å². The van der Waals surface area contributed by atoms with E-state index < -0.39 is 130 Å². The van der Waals surface area contributed by atoms with Gasteiger partial charge in [0.25, 0.3) is 11.5 Å². The molecule has 0 saturated carbocycles. The number of nitrogens with zero attached hydrogens (tertiary/aromatic N) is 11. The lowest BCUT2D eigenvalue weighted by Gasteiger charge is -2.26. The third-order valence-electron chi connectivity index (χ3n) is 11.7. The summed E-state index contributed by atoms with van der Waals surface area (Å²) in [7, 11) is -19.2. The lowest BCUT2D eigenvalue weighted by atomic mass is 10.1. The number of hydrogen-bond acceptors (Lipinski definition) is 29. The average Bonchev–Trinajstić information content (AvgIpc) is 4.19. The molecule has 9 heterocycles. The number of rotatable bonds is 20. The average molecular weight is 1140 g/mol. The van der Waals surface area contributed by atoms with Crippen LogP contribution in [0.4, 0.5) is 17.6 Å². The molecule has 0 aromatic carbocycles. The minimum atomic E-state index is -6.19. The van der Waals surface area contributed by atoms with Gasteiger partial charge in [0, 0.05) is 14.2 Å². The molecule has 0 bridgehead atoms. The van der Waals surface area contributed by atoms with Crippen molar-refractivity contribution in [3.05, 3.63) is 42.0 Å². The van der Waals surface area contributed by atoms with Gasteiger partial charge in [-0.05, 0) is 0 Å². The Labute approximate surface area is 417 Å². The maximum atomic E-state index is 13.7. The molecule has 410 valence electrons. The third-order valence-corrected chi connectivity index (χ3v) is 16.9. The number of aromatic nitrogens is 12. The summed E-state index contributed by atoms with van der Waals surface area (Å²) in [6.07, 6.45) is -13.7. The van der Waals surface area contributed by atoms with E-state index in [0.717, 1.165) is 24.3 Å². The van der Waals surface area contributed by atoms with Crippen molar-refractivity contribution in [3.8, 4) is 0 Å². The Kier molecular flexibility index (Phi) is 15.2. The number of H-pyrrole nitrogens is 1. The second-order valence-corrected chi connectivity index (χ2v) is 22.5. The summed E-state index contributed by atoms with van der Waals surface area (Å²) in [5.41, 5.74) is 11.3. The number of hydrogen-bond donors (Lipinski definition) is 12. The molecule has 0 radical (unpaired) electrons. The first-order valence-electron chi connectivity index (χ1n) is 21.4. The van der Waals surface area contributed by atoms with E-state index in [1.165, 1.54) is 39.7 Å². The second kappa shape index (κ2) is 20.8. The maximum Gasteiger partial charge on any atom is 0.490 e. The number of aliphatic hydroxyl groups excluding tert-OH is 4. The number of fused-ring (bicyclic) bond motifs is 3. The van der Waals surface area contributed by atoms with Gasteiger partial charge in [-0.25, -0.2) is 52.7 Å². The molecular weight excluding hydrogens is 1100 g/mol. The van der Waals surface area contributed by atoms with Crippen molar-refractivity contribution in [2.45, 2.75) is 73.6 Å². The zero-order chi connectivity index (χ0) is 54.1. The van der Waals surface area contributed by atoms with Gasteiger partial charge in [0.1, 0.15) is 78.6 Å². The SMILES string of the molecule is CNc1ncnc2c1ncn2[C@@H]1O[C@H](COP(=O)(O)OP(=O)(O)OP(=O)(O)OC[C@H]2O[C@@H]([n+]3cn(C)c4c(=O)[nH]c(N)nc43)C(O)[C@H]2O)C(OP(=O)(O)OC[C@H]2O[C@@H](n3cnc4c(N)ncnc43)[C@@H](O)C2O)[C@@H]1OC. The van der Waals surface area contributed by atoms with Gasteiger partial charge in [-0.3, -0.25) is 41.6 Å². The molecule has 7 unspecified atom stereocenters. The predicted molar refractivity (Wildman–Crippen MR) is 241 cm³/mol. The Balaban J connectivity index is 0.865. The summed E-state index contributed by atoms with van der Waals surface area (Å²) in [5.74, 6) is -0.0363. The molecule has 0 amide bonds. The lowest BCUT2D eigenvalue weighted by molar-refractivity contribution is -0.745. The summed E-state index contributed by atoms with van der Waals surface area (Å²) in [6.45, 7) is -3.29. The second-order valence-electron chi connectivity index (χ2n) is 16.5. The molecule has 6 aromatic heterocycles. The highest BCUT2D eigenvalue weighted by Gasteiger charge is 2.54. The first-order valence-corrected chi connectivity index (χ1v) is 27.4. The number of nitrogens with two attached hydrogens (primary N) is 2. The summed E-state index contributed by atoms with van der Waals surface area (Å²) >= 11 is 0. The van der Waals surface area contributed by atoms with Gasteiger partial charge in [0.2, 0.25) is 11.7 Å². The van der Waals surface area contributed by atoms with Crippen molar-refractivity contribution in [1.82, 2.24) is 53.6 Å². The van der Waals surface area contributed by atoms with Crippen LogP contribution >= 0.6 is 31.3 Å². The van der Waals surface area contributed by atoms with Gasteiger partial charge in [-0.1, -0.05) is 4.98 Å². The molecule has 0 spiro atoms. The Morgan fingerprint density at radius 3 is 1.93 bits per heavy atom. The first kappa shape index (κ1) is 54.8. The number of nitrogens with one attached hydrogen (secondary N) is 2. The maximum absolute atomic E-state index is 13.7. The smallest absolute Gasteiger partial charge is 0.387 e. The zero-order valence-electron chi connectivity index (χ0n) is 38.5. The number of imidazole rings is 3. The number of methoxy groups -OCH3 is 1. The van der Waals surface area contributed by atoms with Crippen molar-refractivity contribution in [3.63, 3.8) is 0 Å². The van der Waals surface area contributed by atoms with Crippen LogP contribution < -0.4 is 26.9 Å². The van der Waals surface area contributed by atoms with Crippen LogP contribution in [-0.2, 0) is 71.0 Å². The van der Waals surface area contributed by atoms with E-state index in [9.17, 15) is 63.1 Å². The molecular formula is C33H46N15O23P4+. The highest BCUT2D eigenvalue weighted by Crippen LogP contribution is 2.68. The molecule has 3 fully saturated rings. The topological polar surface area (TPSA) is 528 Å². The van der Waals surface area contributed by atoms with Gasteiger partial charge in [0.15, 0.2) is 41.7 Å². The van der Waals surface area contributed by atoms with E-state index in [2.05, 4.69) is 53.8 Å². The van der Waals surface area contributed by atoms with Crippen LogP contribution in [0, 0.1) is 0 Å². The van der Waals surface area contributed by atoms with E-state index in [0.29, 0.717) is 0 Å². The molecule has 0 aliphatic carbocycles. The summed E-state index contributed by atoms with van der Waals surface area (Å²) in [6, 6.07) is 0. The van der Waals surface area contributed by atoms with Crippen LogP contribution in [0.5, 0.6) is 0 Å². The quantitative estimate of drug-likeness (QED) is 0.0260. The fourth-order valence-corrected chi connectivity index (χ4v) is 12.9. The number of aliphatic hydroxyl groups is 4. The highest BCUT2D eigenvalue weighted by molar-refractivity contribution is 7.66. The van der Waals surface area contributed by atoms with Gasteiger partial charge in [-0.2, -0.15) is 8.62 Å². The molecule has 16 atom stereocenters. The molecule has 14 N–H and O–H groups in total. The molecule has 42 heteroatoms. The molecule has 38 nitrogen and oxygen atoms in total. The van der Waals surface area contributed by atoms with E-state index in [-0.39, 0.29) is 51.1 Å². The lowest BCUT2D eigenvalue weighted by Crippen LogP contribution is -2.46. The van der Waals surface area contributed by atoms with Crippen LogP contribution in [0.2, 0.25) is 0 Å². The van der Waals surface area contributed by atoms with Crippen LogP contribution in [-0.4, -0.2) is 182 Å². The van der Waals surface area contributed by atoms with Crippen molar-refractivity contribution in [2.24, 2.45) is 7.05 Å². The fourth-order valence-electron chi connectivity index (χ4n) is 8.38. The number of ether oxygens (including phenoxy) is 4. The Morgan fingerprint density at radius 2 is 1.28 bits per heavy atom. The van der Waals surface area contributed by atoms with E-state index in [4.69, 9.17) is 48.5 Å². The van der Waals surface area contributed by atoms with Crippen molar-refractivity contribution >= 4 is 82.4 Å². The number of nitrogen functional groups attached to an aromatic ring is 2. The Bertz CT molecular complexity index is 3370. The number of phosphoric acid groups is 4. The Morgan fingerprint density at radius 1 is 0.720 bits per heavy atom. The molecule has 3 aliphatic heterocycles. The molecule has 3 aliphatic rings. The normalized spacial score (nSPS) is 30.4. The summed E-state index contributed by atoms with van der Waals surface area (Å²) < 4.78 is 110. The van der Waals surface area contributed by atoms with Crippen LogP contribution in [0.25, 0.3) is 33.5 Å². The van der Waals surface area contributed by atoms with Crippen molar-refractivity contribution in [2.75, 3.05) is 50.8 Å². The fraction of sp³-hybridized carbons (Fsp3) is 0.545. The predicted octanol–water partition coefficient (Wildman–Crippen LogP) is -3.54. The number of anilines is 3. The highest BCUT2D eigenvalue weighted by atomic mass is 31.3. The molecule has 6 aromatic rings. The first-order chi connectivity index (χ1) is 35.3. The minimum absolute atomic E-state index is 0.00671. The van der Waals surface area contributed by atoms with Gasteiger partial charge >= 0.3 is 36.9 Å². The van der Waals surface area contributed by atoms with E-state index in [1.807, 2.05) is 0 Å². The standard InChI is InChI=1S/C33H45N15O23P4/c1-36-25-16-27(40-8-38-25)47(10-42-16)32-23(62-3)22(69-72(54,55)63-4-12-18(49)20(51)30(66-12)46-9-41-15-24(34)37-7-39-26(15)46)14(68-32)6-65-74(58,59)71-75(60,61)70-73(56,57)64-5-13-19(50)21(52)31(67-13)48-11-45(2)17-28(48)43-33(35)44-29(17)53/h7-14,18-23,30-32,49-52H,4-6H2,1-3H3,(H9-,34,35,36,37,38,39,40,43,44,53,54,55,56,57,58,59,60,61)/p+1/t12-,13-,14-,18?,19+,20+,21?,22?,23+,30-,31-,32-/m1/s1. The van der Waals surface area contributed by atoms with E-state index >= 15 is 0 Å². The minimum Gasteiger partial charge on any atom is -0.387 e. The number of phosphoric ester groups is 3. The largest absolute Gasteiger partial charge is 0.490 e. The number of aromatic amines is 1. The van der Waals surface area contributed by atoms with Gasteiger partial charge in [-0.15, -0.1) is 0 Å². The molecule has 75 heavy (non-hydrogen) atoms. The summed E-state index contributed by atoms with van der Waals surface area (Å²) in [5, 5.41) is 46.1. The van der Waals surface area contributed by atoms with Crippen molar-refractivity contribution < 1.29 is 108 Å². The van der Waals surface area contributed by atoms with Gasteiger partial charge in [0.05, 0.1) is 39.5 Å². The molecule has 9 rings (SSSR count).